The molecular formula is C15H13N3O3. The van der Waals surface area contributed by atoms with Crippen LogP contribution in [0.3, 0.4) is 0 Å². The Kier molecular flexibility index (Phi) is 4.40. The molecule has 0 unspecified atom stereocenters. The number of hydrogen-bond donors (Lipinski definition) is 1. The van der Waals surface area contributed by atoms with Crippen molar-refractivity contribution in [2.75, 3.05) is 5.32 Å². The highest BCUT2D eigenvalue weighted by atomic mass is 16.6. The molecule has 1 amide bonds. The fourth-order valence-electron chi connectivity index (χ4n) is 1.70. The maximum absolute atomic E-state index is 11.0. The second kappa shape index (κ2) is 6.42. The molecule has 0 aliphatic heterocycles. The molecule has 0 radical (unpaired) electrons. The predicted molar refractivity (Wildman–Crippen MR) is 80.6 cm³/mol. The zero-order valence-corrected chi connectivity index (χ0v) is 11.3. The third kappa shape index (κ3) is 4.24. The van der Waals surface area contributed by atoms with Crippen LogP contribution in [0.2, 0.25) is 0 Å². The van der Waals surface area contributed by atoms with Gasteiger partial charge in [0.15, 0.2) is 0 Å². The smallest absolute Gasteiger partial charge is 0.269 e. The number of carbonyl (C=O) groups is 1. The van der Waals surface area contributed by atoms with E-state index in [1.807, 2.05) is 12.2 Å². The lowest BCUT2D eigenvalue weighted by Crippen LogP contribution is -2.07. The Bertz CT molecular complexity index is 694. The first-order valence-electron chi connectivity index (χ1n) is 6.21. The van der Waals surface area contributed by atoms with Crippen LogP contribution in [0, 0.1) is 10.1 Å². The normalized spacial score (nSPS) is 10.5. The summed E-state index contributed by atoms with van der Waals surface area (Å²) in [4.78, 5) is 25.1. The Labute approximate surface area is 121 Å². The molecule has 0 aliphatic carbocycles. The minimum absolute atomic E-state index is 0.0593. The van der Waals surface area contributed by atoms with Crippen molar-refractivity contribution < 1.29 is 9.72 Å². The predicted octanol–water partition coefficient (Wildman–Crippen LogP) is 3.12. The molecule has 2 rings (SSSR count). The molecule has 0 atom stereocenters. The van der Waals surface area contributed by atoms with E-state index in [-0.39, 0.29) is 11.6 Å². The summed E-state index contributed by atoms with van der Waals surface area (Å²) in [6, 6.07) is 9.79. The van der Waals surface area contributed by atoms with Gasteiger partial charge in [0, 0.05) is 25.3 Å². The van der Waals surface area contributed by atoms with Crippen molar-refractivity contribution in [2.24, 2.45) is 0 Å². The number of non-ortho nitro benzene ring substituents is 1. The van der Waals surface area contributed by atoms with Gasteiger partial charge in [-0.1, -0.05) is 12.2 Å². The first-order chi connectivity index (χ1) is 10.0. The maximum atomic E-state index is 11.0. The van der Waals surface area contributed by atoms with Crippen LogP contribution in [-0.4, -0.2) is 15.8 Å². The summed E-state index contributed by atoms with van der Waals surface area (Å²) < 4.78 is 0. The Balaban J connectivity index is 2.13. The fourth-order valence-corrected chi connectivity index (χ4v) is 1.70. The number of benzene rings is 1. The van der Waals surface area contributed by atoms with Gasteiger partial charge in [-0.25, -0.2) is 4.98 Å². The van der Waals surface area contributed by atoms with Crippen LogP contribution in [0.25, 0.3) is 12.2 Å². The van der Waals surface area contributed by atoms with Crippen molar-refractivity contribution >= 4 is 29.6 Å². The van der Waals surface area contributed by atoms with Gasteiger partial charge in [-0.3, -0.25) is 14.9 Å². The van der Waals surface area contributed by atoms with Crippen LogP contribution in [0.15, 0.2) is 42.6 Å². The molecule has 106 valence electrons. The van der Waals surface area contributed by atoms with Crippen LogP contribution in [-0.2, 0) is 4.79 Å². The Hall–Kier alpha value is -3.02. The van der Waals surface area contributed by atoms with Crippen molar-refractivity contribution in [2.45, 2.75) is 6.92 Å². The number of amides is 1. The van der Waals surface area contributed by atoms with Crippen LogP contribution in [0.4, 0.5) is 11.5 Å². The molecule has 0 saturated heterocycles. The highest BCUT2D eigenvalue weighted by Crippen LogP contribution is 2.15. The summed E-state index contributed by atoms with van der Waals surface area (Å²) in [7, 11) is 0. The number of nitrogens with zero attached hydrogens (tertiary/aromatic N) is 2. The molecule has 1 aromatic heterocycles. The summed E-state index contributed by atoms with van der Waals surface area (Å²) in [6.45, 7) is 1.42. The van der Waals surface area contributed by atoms with E-state index in [9.17, 15) is 14.9 Å². The van der Waals surface area contributed by atoms with Crippen molar-refractivity contribution in [3.05, 3.63) is 63.8 Å². The first kappa shape index (κ1) is 14.4. The van der Waals surface area contributed by atoms with Gasteiger partial charge in [0.05, 0.1) is 4.92 Å². The van der Waals surface area contributed by atoms with Gasteiger partial charge in [-0.15, -0.1) is 0 Å². The van der Waals surface area contributed by atoms with E-state index in [1.165, 1.54) is 19.1 Å². The Morgan fingerprint density at radius 3 is 2.48 bits per heavy atom. The summed E-state index contributed by atoms with van der Waals surface area (Å²) in [5.41, 5.74) is 1.77. The van der Waals surface area contributed by atoms with Crippen molar-refractivity contribution in [3.63, 3.8) is 0 Å². The van der Waals surface area contributed by atoms with Gasteiger partial charge in [-0.05, 0) is 35.4 Å². The summed E-state index contributed by atoms with van der Waals surface area (Å²) in [5, 5.41) is 13.2. The van der Waals surface area contributed by atoms with Gasteiger partial charge in [0.25, 0.3) is 5.69 Å². The zero-order chi connectivity index (χ0) is 15.2. The van der Waals surface area contributed by atoms with Gasteiger partial charge < -0.3 is 5.32 Å². The number of hydrogen-bond acceptors (Lipinski definition) is 4. The van der Waals surface area contributed by atoms with Gasteiger partial charge in [-0.2, -0.15) is 0 Å². The van der Waals surface area contributed by atoms with Crippen LogP contribution in [0.5, 0.6) is 0 Å². The van der Waals surface area contributed by atoms with E-state index in [1.54, 1.807) is 30.5 Å². The highest BCUT2D eigenvalue weighted by Gasteiger charge is 2.02. The molecule has 2 aromatic rings. The minimum atomic E-state index is -0.434. The number of nitro groups is 1. The third-order valence-corrected chi connectivity index (χ3v) is 2.66. The van der Waals surface area contributed by atoms with E-state index in [0.29, 0.717) is 5.82 Å². The maximum Gasteiger partial charge on any atom is 0.269 e. The number of pyridine rings is 1. The molecule has 1 heterocycles. The molecule has 1 aromatic carbocycles. The van der Waals surface area contributed by atoms with Crippen molar-refractivity contribution in [1.82, 2.24) is 4.98 Å². The molecule has 0 aliphatic rings. The molecular weight excluding hydrogens is 270 g/mol. The second-order valence-electron chi connectivity index (χ2n) is 4.34. The van der Waals surface area contributed by atoms with E-state index < -0.39 is 4.92 Å². The molecule has 21 heavy (non-hydrogen) atoms. The fraction of sp³-hybridized carbons (Fsp3) is 0.0667. The summed E-state index contributed by atoms with van der Waals surface area (Å²) in [5.74, 6) is 0.298. The second-order valence-corrected chi connectivity index (χ2v) is 4.34. The third-order valence-electron chi connectivity index (χ3n) is 2.66. The van der Waals surface area contributed by atoms with E-state index >= 15 is 0 Å². The van der Waals surface area contributed by atoms with Crippen LogP contribution < -0.4 is 5.32 Å². The number of nitrogens with one attached hydrogen (secondary N) is 1. The van der Waals surface area contributed by atoms with E-state index in [4.69, 9.17) is 0 Å². The average molecular weight is 283 g/mol. The number of aromatic nitrogens is 1. The van der Waals surface area contributed by atoms with Crippen molar-refractivity contribution in [3.8, 4) is 0 Å². The largest absolute Gasteiger partial charge is 0.311 e. The SMILES string of the molecule is CC(=O)Nc1cc(C=Cc2ccc([N+](=O)[O-])cc2)ccn1. The molecule has 1 N–H and O–H groups in total. The van der Waals surface area contributed by atoms with E-state index in [2.05, 4.69) is 10.3 Å². The van der Waals surface area contributed by atoms with Crippen LogP contribution in [0.1, 0.15) is 18.1 Å². The average Bonchev–Trinajstić information content (AvgIpc) is 2.45. The molecule has 6 nitrogen and oxygen atoms in total. The molecule has 0 saturated carbocycles. The van der Waals surface area contributed by atoms with E-state index in [0.717, 1.165) is 11.1 Å². The topological polar surface area (TPSA) is 85.1 Å². The lowest BCUT2D eigenvalue weighted by atomic mass is 10.1. The molecule has 0 spiro atoms. The minimum Gasteiger partial charge on any atom is -0.311 e. The summed E-state index contributed by atoms with van der Waals surface area (Å²) in [6.07, 6.45) is 5.27. The number of anilines is 1. The lowest BCUT2D eigenvalue weighted by molar-refractivity contribution is -0.384. The lowest BCUT2D eigenvalue weighted by Gasteiger charge is -2.01. The summed E-state index contributed by atoms with van der Waals surface area (Å²) >= 11 is 0. The molecule has 0 fully saturated rings. The Morgan fingerprint density at radius 2 is 1.86 bits per heavy atom. The molecule has 6 heteroatoms. The van der Waals surface area contributed by atoms with Crippen LogP contribution >= 0.6 is 0 Å². The quantitative estimate of drug-likeness (QED) is 0.690. The Morgan fingerprint density at radius 1 is 1.19 bits per heavy atom. The van der Waals surface area contributed by atoms with Crippen molar-refractivity contribution in [1.29, 1.82) is 0 Å². The number of carbonyl (C=O) groups excluding carboxylic acids is 1. The monoisotopic (exact) mass is 283 g/mol. The first-order valence-corrected chi connectivity index (χ1v) is 6.21. The molecule has 0 bridgehead atoms. The zero-order valence-electron chi connectivity index (χ0n) is 11.3. The van der Waals surface area contributed by atoms with Gasteiger partial charge in [0.1, 0.15) is 5.82 Å². The van der Waals surface area contributed by atoms with Gasteiger partial charge >= 0.3 is 0 Å². The van der Waals surface area contributed by atoms with Gasteiger partial charge in [0.2, 0.25) is 5.91 Å². The highest BCUT2D eigenvalue weighted by molar-refractivity contribution is 5.88. The standard InChI is InChI=1S/C15H13N3O3/c1-11(19)17-15-10-13(8-9-16-15)3-2-12-4-6-14(7-5-12)18(20)21/h2-10H,1H3,(H,16,17,19). The number of rotatable bonds is 4. The number of nitro benzene ring substituents is 1.